The van der Waals surface area contributed by atoms with E-state index in [1.54, 1.807) is 37.3 Å². The number of carbonyl (C=O) groups is 2. The maximum Gasteiger partial charge on any atom is 0.244 e. The number of hydrogen-bond donors (Lipinski definition) is 1. The van der Waals surface area contributed by atoms with Gasteiger partial charge in [0, 0.05) is 13.1 Å². The van der Waals surface area contributed by atoms with Gasteiger partial charge in [0.1, 0.15) is 12.6 Å². The largest absolute Gasteiger partial charge is 0.354 e. The normalized spacial score (nSPS) is 12.3. The van der Waals surface area contributed by atoms with Crippen LogP contribution in [0.2, 0.25) is 10.0 Å². The summed E-state index contributed by atoms with van der Waals surface area (Å²) in [5, 5.41) is 3.54. The monoisotopic (exact) mass is 555 g/mol. The molecule has 1 N–H and O–H groups in total. The van der Waals surface area contributed by atoms with Gasteiger partial charge in [0.15, 0.2) is 0 Å². The molecule has 2 rings (SSSR count). The van der Waals surface area contributed by atoms with Gasteiger partial charge >= 0.3 is 0 Å². The SMILES string of the molecule is CCCCNC(=O)C(C)N(Cc1ccc(Cl)c(Cl)c1)C(=O)CN(c1ccc(C(C)C)cc1)S(C)(=O)=O. The third-order valence-corrected chi connectivity index (χ3v) is 7.74. The molecule has 0 aliphatic heterocycles. The van der Waals surface area contributed by atoms with Crippen molar-refractivity contribution in [3.63, 3.8) is 0 Å². The van der Waals surface area contributed by atoms with E-state index in [0.29, 0.717) is 27.8 Å². The number of nitrogens with one attached hydrogen (secondary N) is 1. The molecule has 0 aliphatic carbocycles. The van der Waals surface area contributed by atoms with Crippen LogP contribution in [0.3, 0.4) is 0 Å². The van der Waals surface area contributed by atoms with Crippen molar-refractivity contribution in [2.24, 2.45) is 0 Å². The van der Waals surface area contributed by atoms with Crippen LogP contribution in [0.4, 0.5) is 5.69 Å². The molecule has 198 valence electrons. The van der Waals surface area contributed by atoms with Crippen molar-refractivity contribution < 1.29 is 18.0 Å². The molecule has 10 heteroatoms. The quantitative estimate of drug-likeness (QED) is 0.364. The molecule has 0 aromatic heterocycles. The Hall–Kier alpha value is -2.29. The van der Waals surface area contributed by atoms with Gasteiger partial charge in [-0.3, -0.25) is 13.9 Å². The highest BCUT2D eigenvalue weighted by atomic mass is 35.5. The molecular formula is C26H35Cl2N3O4S. The Morgan fingerprint density at radius 2 is 1.64 bits per heavy atom. The zero-order valence-corrected chi connectivity index (χ0v) is 23.8. The number of benzene rings is 2. The summed E-state index contributed by atoms with van der Waals surface area (Å²) in [6.07, 6.45) is 2.79. The molecule has 0 fully saturated rings. The Labute approximate surface area is 224 Å². The molecular weight excluding hydrogens is 521 g/mol. The predicted molar refractivity (Wildman–Crippen MR) is 147 cm³/mol. The van der Waals surface area contributed by atoms with Gasteiger partial charge in [0.25, 0.3) is 0 Å². The van der Waals surface area contributed by atoms with Crippen molar-refractivity contribution in [3.8, 4) is 0 Å². The molecule has 0 spiro atoms. The second kappa shape index (κ2) is 13.3. The van der Waals surface area contributed by atoms with Crippen LogP contribution in [0, 0.1) is 0 Å². The number of rotatable bonds is 12. The number of nitrogens with zero attached hydrogens (tertiary/aromatic N) is 2. The lowest BCUT2D eigenvalue weighted by atomic mass is 10.0. The van der Waals surface area contributed by atoms with Crippen LogP contribution in [-0.2, 0) is 26.2 Å². The second-order valence-electron chi connectivity index (χ2n) is 9.11. The number of anilines is 1. The van der Waals surface area contributed by atoms with Gasteiger partial charge in [-0.1, -0.05) is 68.6 Å². The molecule has 1 atom stereocenters. The number of carbonyl (C=O) groups excluding carboxylic acids is 2. The molecule has 36 heavy (non-hydrogen) atoms. The molecule has 0 radical (unpaired) electrons. The summed E-state index contributed by atoms with van der Waals surface area (Å²) >= 11 is 12.2. The van der Waals surface area contributed by atoms with Gasteiger partial charge < -0.3 is 10.2 Å². The summed E-state index contributed by atoms with van der Waals surface area (Å²) in [6, 6.07) is 11.2. The van der Waals surface area contributed by atoms with Crippen molar-refractivity contribution >= 4 is 50.7 Å². The predicted octanol–water partition coefficient (Wildman–Crippen LogP) is 5.22. The minimum Gasteiger partial charge on any atom is -0.354 e. The lowest BCUT2D eigenvalue weighted by Gasteiger charge is -2.31. The zero-order valence-electron chi connectivity index (χ0n) is 21.4. The van der Waals surface area contributed by atoms with E-state index in [1.807, 2.05) is 32.9 Å². The summed E-state index contributed by atoms with van der Waals surface area (Å²) in [5.41, 5.74) is 2.10. The van der Waals surface area contributed by atoms with Crippen LogP contribution in [-0.4, -0.2) is 50.5 Å². The van der Waals surface area contributed by atoms with Crippen LogP contribution >= 0.6 is 23.2 Å². The van der Waals surface area contributed by atoms with E-state index in [-0.39, 0.29) is 18.4 Å². The molecule has 0 saturated carbocycles. The van der Waals surface area contributed by atoms with Crippen LogP contribution < -0.4 is 9.62 Å². The van der Waals surface area contributed by atoms with Crippen LogP contribution in [0.5, 0.6) is 0 Å². The summed E-state index contributed by atoms with van der Waals surface area (Å²) in [4.78, 5) is 27.8. The van der Waals surface area contributed by atoms with E-state index in [0.717, 1.165) is 29.0 Å². The van der Waals surface area contributed by atoms with Gasteiger partial charge in [-0.2, -0.15) is 0 Å². The van der Waals surface area contributed by atoms with E-state index in [9.17, 15) is 18.0 Å². The molecule has 7 nitrogen and oxygen atoms in total. The maximum atomic E-state index is 13.6. The molecule has 0 saturated heterocycles. The first kappa shape index (κ1) is 29.9. The Morgan fingerprint density at radius 3 is 2.17 bits per heavy atom. The average Bonchev–Trinajstić information content (AvgIpc) is 2.82. The van der Waals surface area contributed by atoms with E-state index in [1.165, 1.54) is 4.90 Å². The first-order valence-electron chi connectivity index (χ1n) is 11.9. The first-order valence-corrected chi connectivity index (χ1v) is 14.5. The summed E-state index contributed by atoms with van der Waals surface area (Å²) in [7, 11) is -3.78. The van der Waals surface area contributed by atoms with Gasteiger partial charge in [-0.25, -0.2) is 8.42 Å². The molecule has 2 aromatic rings. The fourth-order valence-electron chi connectivity index (χ4n) is 3.59. The summed E-state index contributed by atoms with van der Waals surface area (Å²) in [6.45, 7) is 7.82. The van der Waals surface area contributed by atoms with Crippen molar-refractivity contribution in [2.45, 2.75) is 59.0 Å². The minimum atomic E-state index is -3.78. The smallest absolute Gasteiger partial charge is 0.244 e. The third-order valence-electron chi connectivity index (χ3n) is 5.86. The molecule has 1 unspecified atom stereocenters. The maximum absolute atomic E-state index is 13.6. The summed E-state index contributed by atoms with van der Waals surface area (Å²) in [5.74, 6) is -0.553. The van der Waals surface area contributed by atoms with Crippen molar-refractivity contribution in [1.82, 2.24) is 10.2 Å². The third kappa shape index (κ3) is 8.39. The standard InChI is InChI=1S/C26H35Cl2N3O4S/c1-6-7-14-29-26(33)19(4)30(16-20-8-13-23(27)24(28)15-20)25(32)17-31(36(5,34)35)22-11-9-21(10-12-22)18(2)3/h8-13,15,18-19H,6-7,14,16-17H2,1-5H3,(H,29,33). The van der Waals surface area contributed by atoms with Gasteiger partial charge in [-0.15, -0.1) is 0 Å². The van der Waals surface area contributed by atoms with Crippen LogP contribution in [0.1, 0.15) is 57.6 Å². The number of amides is 2. The van der Waals surface area contributed by atoms with Crippen molar-refractivity contribution in [1.29, 1.82) is 0 Å². The average molecular weight is 557 g/mol. The first-order chi connectivity index (χ1) is 16.8. The number of unbranched alkanes of at least 4 members (excludes halogenated alkanes) is 1. The number of hydrogen-bond acceptors (Lipinski definition) is 4. The zero-order chi connectivity index (χ0) is 27.0. The van der Waals surface area contributed by atoms with Gasteiger partial charge in [0.2, 0.25) is 21.8 Å². The van der Waals surface area contributed by atoms with E-state index in [2.05, 4.69) is 5.32 Å². The van der Waals surface area contributed by atoms with Crippen LogP contribution in [0.15, 0.2) is 42.5 Å². The molecule has 2 amide bonds. The lowest BCUT2D eigenvalue weighted by molar-refractivity contribution is -0.139. The highest BCUT2D eigenvalue weighted by molar-refractivity contribution is 7.92. The lowest BCUT2D eigenvalue weighted by Crippen LogP contribution is -2.51. The Balaban J connectivity index is 2.37. The number of sulfonamides is 1. The molecule has 0 bridgehead atoms. The second-order valence-corrected chi connectivity index (χ2v) is 11.8. The minimum absolute atomic E-state index is 0.0575. The van der Waals surface area contributed by atoms with E-state index >= 15 is 0 Å². The van der Waals surface area contributed by atoms with Crippen molar-refractivity contribution in [2.75, 3.05) is 23.7 Å². The summed E-state index contributed by atoms with van der Waals surface area (Å²) < 4.78 is 26.4. The Morgan fingerprint density at radius 1 is 1.00 bits per heavy atom. The topological polar surface area (TPSA) is 86.8 Å². The molecule has 0 heterocycles. The van der Waals surface area contributed by atoms with Crippen LogP contribution in [0.25, 0.3) is 0 Å². The Kier molecular flexibility index (Phi) is 11.1. The number of halogens is 2. The van der Waals surface area contributed by atoms with E-state index in [4.69, 9.17) is 23.2 Å². The fourth-order valence-corrected chi connectivity index (χ4v) is 4.76. The highest BCUT2D eigenvalue weighted by Crippen LogP contribution is 2.25. The van der Waals surface area contributed by atoms with Gasteiger partial charge in [-0.05, 0) is 54.7 Å². The fraction of sp³-hybridized carbons (Fsp3) is 0.462. The molecule has 2 aromatic carbocycles. The van der Waals surface area contributed by atoms with E-state index < -0.39 is 28.5 Å². The Bertz CT molecular complexity index is 1150. The van der Waals surface area contributed by atoms with Crippen molar-refractivity contribution in [3.05, 3.63) is 63.6 Å². The molecule has 0 aliphatic rings. The van der Waals surface area contributed by atoms with Gasteiger partial charge in [0.05, 0.1) is 22.0 Å². The highest BCUT2D eigenvalue weighted by Gasteiger charge is 2.30.